The minimum absolute atomic E-state index is 0.224. The summed E-state index contributed by atoms with van der Waals surface area (Å²) in [6.07, 6.45) is 1.42. The molecule has 0 bridgehead atoms. The van der Waals surface area contributed by atoms with E-state index in [0.29, 0.717) is 34.5 Å². The van der Waals surface area contributed by atoms with Crippen LogP contribution in [0.5, 0.6) is 0 Å². The molecule has 1 amide bonds. The molecule has 1 aliphatic heterocycles. The van der Waals surface area contributed by atoms with Gasteiger partial charge in [0.2, 0.25) is 0 Å². The first-order valence-corrected chi connectivity index (χ1v) is 15.2. The van der Waals surface area contributed by atoms with E-state index in [0.717, 1.165) is 52.2 Å². The molecular weight excluding hydrogens is 550 g/mol. The summed E-state index contributed by atoms with van der Waals surface area (Å²) in [4.78, 5) is 48.5. The number of pyridine rings is 1. The van der Waals surface area contributed by atoms with Crippen molar-refractivity contribution in [3.05, 3.63) is 82.0 Å². The lowest BCUT2D eigenvalue weighted by molar-refractivity contribution is -0.124. The normalized spacial score (nSPS) is 14.8. The van der Waals surface area contributed by atoms with Crippen molar-refractivity contribution in [3.63, 3.8) is 0 Å². The first-order chi connectivity index (χ1) is 20.4. The smallest absolute Gasteiger partial charge is 0.341 e. The number of anilines is 1. The lowest BCUT2D eigenvalue weighted by atomic mass is 9.89. The SMILES string of the molecule is CCOC(=O)c1c(NC(=O)C(CC)OC(=O)c2c3c(nc4ccccc24)CCN(C)C3)sc2c1CCc1ccccc1-2. The Bertz CT molecular complexity index is 1710. The van der Waals surface area contributed by atoms with E-state index in [1.807, 2.05) is 49.5 Å². The average Bonchev–Trinajstić information content (AvgIpc) is 3.37. The quantitative estimate of drug-likeness (QED) is 0.275. The number of esters is 2. The summed E-state index contributed by atoms with van der Waals surface area (Å²) in [5.41, 5.74) is 6.47. The van der Waals surface area contributed by atoms with Crippen LogP contribution in [0.3, 0.4) is 0 Å². The molecule has 216 valence electrons. The van der Waals surface area contributed by atoms with E-state index < -0.39 is 23.9 Å². The van der Waals surface area contributed by atoms with Crippen LogP contribution in [0.1, 0.15) is 63.4 Å². The summed E-state index contributed by atoms with van der Waals surface area (Å²) in [5.74, 6) is -1.49. The lowest BCUT2D eigenvalue weighted by Crippen LogP contribution is -2.34. The van der Waals surface area contributed by atoms with Gasteiger partial charge < -0.3 is 19.7 Å². The van der Waals surface area contributed by atoms with Crippen molar-refractivity contribution in [1.29, 1.82) is 0 Å². The molecule has 42 heavy (non-hydrogen) atoms. The molecule has 6 rings (SSSR count). The Morgan fingerprint density at radius 3 is 2.57 bits per heavy atom. The summed E-state index contributed by atoms with van der Waals surface area (Å²) in [5, 5.41) is 4.06. The van der Waals surface area contributed by atoms with Crippen LogP contribution in [-0.4, -0.2) is 54.0 Å². The number of carbonyl (C=O) groups is 3. The molecule has 1 unspecified atom stereocenters. The van der Waals surface area contributed by atoms with Gasteiger partial charge >= 0.3 is 11.9 Å². The van der Waals surface area contributed by atoms with Crippen LogP contribution in [-0.2, 0) is 40.1 Å². The van der Waals surface area contributed by atoms with E-state index in [-0.39, 0.29) is 13.0 Å². The maximum atomic E-state index is 13.8. The van der Waals surface area contributed by atoms with Crippen molar-refractivity contribution < 1.29 is 23.9 Å². The number of hydrogen-bond donors (Lipinski definition) is 1. The third kappa shape index (κ3) is 5.07. The Morgan fingerprint density at radius 2 is 1.76 bits per heavy atom. The van der Waals surface area contributed by atoms with Crippen LogP contribution in [0.15, 0.2) is 48.5 Å². The molecule has 1 atom stereocenters. The molecule has 0 fully saturated rings. The molecule has 0 saturated carbocycles. The number of nitrogens with zero attached hydrogens (tertiary/aromatic N) is 2. The number of para-hydroxylation sites is 1. The second kappa shape index (κ2) is 11.7. The summed E-state index contributed by atoms with van der Waals surface area (Å²) in [7, 11) is 2.01. The highest BCUT2D eigenvalue weighted by atomic mass is 32.1. The number of amides is 1. The molecule has 2 aliphatic rings. The van der Waals surface area contributed by atoms with Crippen molar-refractivity contribution in [2.24, 2.45) is 0 Å². The molecule has 9 heteroatoms. The second-order valence-corrected chi connectivity index (χ2v) is 11.7. The van der Waals surface area contributed by atoms with Crippen LogP contribution in [0.25, 0.3) is 21.3 Å². The van der Waals surface area contributed by atoms with Crippen molar-refractivity contribution in [3.8, 4) is 10.4 Å². The summed E-state index contributed by atoms with van der Waals surface area (Å²) < 4.78 is 11.3. The highest BCUT2D eigenvalue weighted by Gasteiger charge is 2.33. The Hall–Kier alpha value is -4.08. The van der Waals surface area contributed by atoms with Gasteiger partial charge in [0.25, 0.3) is 5.91 Å². The van der Waals surface area contributed by atoms with E-state index in [9.17, 15) is 14.4 Å². The number of aryl methyl sites for hydroxylation is 1. The van der Waals surface area contributed by atoms with E-state index in [4.69, 9.17) is 14.5 Å². The van der Waals surface area contributed by atoms with Gasteiger partial charge in [0.1, 0.15) is 5.00 Å². The number of fused-ring (bicyclic) bond motifs is 5. The summed E-state index contributed by atoms with van der Waals surface area (Å²) in [6, 6.07) is 15.6. The monoisotopic (exact) mass is 583 g/mol. The van der Waals surface area contributed by atoms with E-state index in [1.54, 1.807) is 13.8 Å². The largest absolute Gasteiger partial charge is 0.462 e. The van der Waals surface area contributed by atoms with Crippen LogP contribution >= 0.6 is 11.3 Å². The number of rotatable bonds is 7. The average molecular weight is 584 g/mol. The van der Waals surface area contributed by atoms with Gasteiger partial charge in [-0.15, -0.1) is 11.3 Å². The van der Waals surface area contributed by atoms with Gasteiger partial charge in [-0.3, -0.25) is 9.78 Å². The van der Waals surface area contributed by atoms with Gasteiger partial charge in [-0.05, 0) is 56.0 Å². The first kappa shape index (κ1) is 28.1. The topological polar surface area (TPSA) is 97.8 Å². The zero-order valence-corrected chi connectivity index (χ0v) is 24.8. The van der Waals surface area contributed by atoms with Crippen LogP contribution < -0.4 is 5.32 Å². The van der Waals surface area contributed by atoms with Gasteiger partial charge in [-0.2, -0.15) is 0 Å². The molecule has 3 heterocycles. The molecular formula is C33H33N3O5S. The number of aromatic nitrogens is 1. The van der Waals surface area contributed by atoms with Crippen LogP contribution in [0.4, 0.5) is 5.00 Å². The van der Waals surface area contributed by atoms with E-state index >= 15 is 0 Å². The van der Waals surface area contributed by atoms with Crippen molar-refractivity contribution >= 4 is 45.1 Å². The van der Waals surface area contributed by atoms with Crippen LogP contribution in [0, 0.1) is 0 Å². The lowest BCUT2D eigenvalue weighted by Gasteiger charge is -2.27. The van der Waals surface area contributed by atoms with Gasteiger partial charge in [0.05, 0.1) is 23.3 Å². The number of hydrogen-bond acceptors (Lipinski definition) is 8. The van der Waals surface area contributed by atoms with E-state index in [2.05, 4.69) is 16.3 Å². The number of ether oxygens (including phenoxy) is 2. The first-order valence-electron chi connectivity index (χ1n) is 14.4. The molecule has 4 aromatic rings. The number of benzene rings is 2. The number of thiophene rings is 1. The minimum Gasteiger partial charge on any atom is -0.462 e. The molecule has 1 N–H and O–H groups in total. The molecule has 2 aromatic heterocycles. The fourth-order valence-electron chi connectivity index (χ4n) is 5.91. The summed E-state index contributed by atoms with van der Waals surface area (Å²) >= 11 is 1.36. The predicted molar refractivity (Wildman–Crippen MR) is 163 cm³/mol. The van der Waals surface area contributed by atoms with Crippen LogP contribution in [0.2, 0.25) is 0 Å². The standard InChI is InChI=1S/C33H33N3O5S/c1-4-26(41-33(39)27-21-12-8-9-13-24(21)34-25-16-17-36(3)18-23(25)27)30(37)35-31-28(32(38)40-5-2)22-15-14-19-10-6-7-11-20(19)29(22)42-31/h6-13,26H,4-5,14-18H2,1-3H3,(H,35,37). The zero-order valence-electron chi connectivity index (χ0n) is 24.0. The fourth-order valence-corrected chi connectivity index (χ4v) is 7.21. The number of likely N-dealkylation sites (N-methyl/N-ethyl adjacent to an activating group) is 1. The third-order valence-electron chi connectivity index (χ3n) is 7.98. The predicted octanol–water partition coefficient (Wildman–Crippen LogP) is 5.80. The Balaban J connectivity index is 1.32. The number of carbonyl (C=O) groups excluding carboxylic acids is 3. The molecule has 0 radical (unpaired) electrons. The Kier molecular flexibility index (Phi) is 7.79. The van der Waals surface area contributed by atoms with Crippen molar-refractivity contribution in [2.75, 3.05) is 25.5 Å². The highest BCUT2D eigenvalue weighted by Crippen LogP contribution is 2.45. The van der Waals surface area contributed by atoms with Gasteiger partial charge in [-0.1, -0.05) is 49.4 Å². The van der Waals surface area contributed by atoms with Gasteiger partial charge in [0.15, 0.2) is 6.10 Å². The zero-order chi connectivity index (χ0) is 29.4. The molecule has 2 aromatic carbocycles. The number of nitrogens with one attached hydrogen (secondary N) is 1. The highest BCUT2D eigenvalue weighted by molar-refractivity contribution is 7.20. The van der Waals surface area contributed by atoms with Gasteiger partial charge in [-0.25, -0.2) is 9.59 Å². The Labute approximate surface area is 248 Å². The summed E-state index contributed by atoms with van der Waals surface area (Å²) in [6.45, 7) is 5.21. The maximum Gasteiger partial charge on any atom is 0.341 e. The fraction of sp³-hybridized carbons (Fsp3) is 0.333. The molecule has 0 spiro atoms. The van der Waals surface area contributed by atoms with Crippen molar-refractivity contribution in [1.82, 2.24) is 9.88 Å². The molecule has 8 nitrogen and oxygen atoms in total. The Morgan fingerprint density at radius 1 is 0.976 bits per heavy atom. The maximum absolute atomic E-state index is 13.8. The molecule has 0 saturated heterocycles. The van der Waals surface area contributed by atoms with Crippen molar-refractivity contribution in [2.45, 2.75) is 52.2 Å². The third-order valence-corrected chi connectivity index (χ3v) is 9.16. The minimum atomic E-state index is -1.05. The molecule has 1 aliphatic carbocycles. The van der Waals surface area contributed by atoms with E-state index in [1.165, 1.54) is 16.9 Å². The van der Waals surface area contributed by atoms with Gasteiger partial charge in [0, 0.05) is 41.0 Å². The second-order valence-electron chi connectivity index (χ2n) is 10.7.